The molecule has 0 saturated heterocycles. The van der Waals surface area contributed by atoms with Crippen LogP contribution >= 0.6 is 0 Å². The van der Waals surface area contributed by atoms with E-state index >= 15 is 0 Å². The van der Waals surface area contributed by atoms with Gasteiger partial charge in [-0.3, -0.25) is 15.1 Å². The Morgan fingerprint density at radius 2 is 1.74 bits per heavy atom. The predicted molar refractivity (Wildman–Crippen MR) is 76.9 cm³/mol. The quantitative estimate of drug-likeness (QED) is 0.503. The molecule has 2 rings (SSSR count). The Kier molecular flexibility index (Phi) is 4.48. The van der Waals surface area contributed by atoms with Gasteiger partial charge in [-0.25, -0.2) is 0 Å². The van der Waals surface area contributed by atoms with E-state index in [1.165, 1.54) is 0 Å². The fraction of sp³-hybridized carbons (Fsp3) is 0.0625. The summed E-state index contributed by atoms with van der Waals surface area (Å²) in [6.07, 6.45) is 3.39. The minimum Gasteiger partial charge on any atom is -0.289 e. The Labute approximate surface area is 112 Å². The van der Waals surface area contributed by atoms with Crippen molar-refractivity contribution in [2.75, 3.05) is 12.6 Å². The van der Waals surface area contributed by atoms with Gasteiger partial charge in [-0.05, 0) is 35.9 Å². The van der Waals surface area contributed by atoms with Gasteiger partial charge in [0.15, 0.2) is 5.78 Å². The van der Waals surface area contributed by atoms with Gasteiger partial charge in [-0.2, -0.15) is 0 Å². The topological polar surface area (TPSA) is 38.3 Å². The molecule has 0 aliphatic heterocycles. The highest BCUT2D eigenvalue weighted by Crippen LogP contribution is 2.11. The molecular formula is C16H15NO2. The molecule has 96 valence electrons. The van der Waals surface area contributed by atoms with E-state index in [-0.39, 0.29) is 5.78 Å². The van der Waals surface area contributed by atoms with Gasteiger partial charge in [0, 0.05) is 5.56 Å². The third-order valence-electron chi connectivity index (χ3n) is 2.62. The van der Waals surface area contributed by atoms with Crippen LogP contribution in [0.25, 0.3) is 6.08 Å². The summed E-state index contributed by atoms with van der Waals surface area (Å²) in [5, 5.41) is 0. The zero-order chi connectivity index (χ0) is 13.5. The second kappa shape index (κ2) is 6.52. The molecule has 0 atom stereocenters. The summed E-state index contributed by atoms with van der Waals surface area (Å²) < 4.78 is 0. The third-order valence-corrected chi connectivity index (χ3v) is 2.62. The molecule has 0 aromatic heterocycles. The Morgan fingerprint density at radius 3 is 2.37 bits per heavy atom. The van der Waals surface area contributed by atoms with Crippen LogP contribution in [0.1, 0.15) is 15.9 Å². The first-order valence-corrected chi connectivity index (χ1v) is 5.96. The van der Waals surface area contributed by atoms with Gasteiger partial charge in [-0.15, -0.1) is 0 Å². The SMILES string of the molecule is CONc1ccc(C(=O)/C=C/c2ccccc2)cc1. The smallest absolute Gasteiger partial charge is 0.185 e. The molecule has 0 spiro atoms. The molecule has 0 radical (unpaired) electrons. The highest BCUT2D eigenvalue weighted by atomic mass is 16.6. The molecule has 2 aromatic carbocycles. The largest absolute Gasteiger partial charge is 0.289 e. The van der Waals surface area contributed by atoms with E-state index in [0.717, 1.165) is 11.3 Å². The standard InChI is InChI=1S/C16H15NO2/c1-19-17-15-10-8-14(9-11-15)16(18)12-7-13-5-3-2-4-6-13/h2-12,17H,1H3/b12-7+. The molecule has 0 bridgehead atoms. The summed E-state index contributed by atoms with van der Waals surface area (Å²) in [7, 11) is 1.54. The summed E-state index contributed by atoms with van der Waals surface area (Å²) >= 11 is 0. The summed E-state index contributed by atoms with van der Waals surface area (Å²) in [4.78, 5) is 16.7. The molecule has 0 saturated carbocycles. The lowest BCUT2D eigenvalue weighted by atomic mass is 10.1. The van der Waals surface area contributed by atoms with E-state index in [1.807, 2.05) is 36.4 Å². The van der Waals surface area contributed by atoms with Crippen LogP contribution in [0, 0.1) is 0 Å². The Morgan fingerprint density at radius 1 is 1.05 bits per heavy atom. The van der Waals surface area contributed by atoms with Gasteiger partial charge in [0.25, 0.3) is 0 Å². The van der Waals surface area contributed by atoms with Crippen LogP contribution in [0.3, 0.4) is 0 Å². The molecule has 3 heteroatoms. The molecular weight excluding hydrogens is 238 g/mol. The van der Waals surface area contributed by atoms with Crippen LogP contribution in [0.15, 0.2) is 60.7 Å². The van der Waals surface area contributed by atoms with Gasteiger partial charge in [0.2, 0.25) is 0 Å². The number of hydrogen-bond acceptors (Lipinski definition) is 3. The first-order valence-electron chi connectivity index (χ1n) is 5.96. The van der Waals surface area contributed by atoms with E-state index in [4.69, 9.17) is 4.84 Å². The maximum atomic E-state index is 11.9. The zero-order valence-corrected chi connectivity index (χ0v) is 10.7. The number of benzene rings is 2. The fourth-order valence-electron chi connectivity index (χ4n) is 1.65. The van der Waals surface area contributed by atoms with Crippen LogP contribution in [0.4, 0.5) is 5.69 Å². The number of allylic oxidation sites excluding steroid dienone is 1. The summed E-state index contributed by atoms with van der Waals surface area (Å²) in [6.45, 7) is 0. The number of nitrogens with one attached hydrogen (secondary N) is 1. The number of rotatable bonds is 5. The van der Waals surface area contributed by atoms with Crippen molar-refractivity contribution in [3.63, 3.8) is 0 Å². The van der Waals surface area contributed by atoms with Crippen molar-refractivity contribution >= 4 is 17.5 Å². The van der Waals surface area contributed by atoms with E-state index in [1.54, 1.807) is 37.5 Å². The van der Waals surface area contributed by atoms with Gasteiger partial charge in [0.05, 0.1) is 12.8 Å². The van der Waals surface area contributed by atoms with Crippen LogP contribution in [0.2, 0.25) is 0 Å². The summed E-state index contributed by atoms with van der Waals surface area (Å²) in [6, 6.07) is 16.9. The van der Waals surface area contributed by atoms with Crippen molar-refractivity contribution in [3.8, 4) is 0 Å². The molecule has 0 heterocycles. The number of carbonyl (C=O) groups excluding carboxylic acids is 1. The van der Waals surface area contributed by atoms with Crippen molar-refractivity contribution < 1.29 is 9.63 Å². The zero-order valence-electron chi connectivity index (χ0n) is 10.7. The molecule has 0 aliphatic carbocycles. The fourth-order valence-corrected chi connectivity index (χ4v) is 1.65. The highest BCUT2D eigenvalue weighted by molar-refractivity contribution is 6.06. The lowest BCUT2D eigenvalue weighted by molar-refractivity contribution is 0.104. The number of hydrogen-bond donors (Lipinski definition) is 1. The van der Waals surface area contributed by atoms with Crippen molar-refractivity contribution in [1.82, 2.24) is 0 Å². The summed E-state index contributed by atoms with van der Waals surface area (Å²) in [5.74, 6) is -0.0205. The summed E-state index contributed by atoms with van der Waals surface area (Å²) in [5.41, 5.74) is 5.17. The molecule has 0 amide bonds. The van der Waals surface area contributed by atoms with E-state index < -0.39 is 0 Å². The van der Waals surface area contributed by atoms with Crippen LogP contribution < -0.4 is 5.48 Å². The molecule has 0 unspecified atom stereocenters. The molecule has 0 fully saturated rings. The lowest BCUT2D eigenvalue weighted by Crippen LogP contribution is -1.97. The second-order valence-corrected chi connectivity index (χ2v) is 3.99. The highest BCUT2D eigenvalue weighted by Gasteiger charge is 2.01. The molecule has 0 aliphatic rings. The minimum atomic E-state index is -0.0205. The molecule has 1 N–H and O–H groups in total. The van der Waals surface area contributed by atoms with Crippen LogP contribution in [0.5, 0.6) is 0 Å². The van der Waals surface area contributed by atoms with Crippen molar-refractivity contribution in [1.29, 1.82) is 0 Å². The van der Waals surface area contributed by atoms with Crippen LogP contribution in [-0.4, -0.2) is 12.9 Å². The van der Waals surface area contributed by atoms with Gasteiger partial charge >= 0.3 is 0 Å². The van der Waals surface area contributed by atoms with Gasteiger partial charge < -0.3 is 0 Å². The Balaban J connectivity index is 2.05. The first kappa shape index (κ1) is 13.1. The number of carbonyl (C=O) groups is 1. The molecule has 3 nitrogen and oxygen atoms in total. The number of anilines is 1. The van der Waals surface area contributed by atoms with E-state index in [9.17, 15) is 4.79 Å². The minimum absolute atomic E-state index is 0.0205. The van der Waals surface area contributed by atoms with Crippen molar-refractivity contribution in [3.05, 3.63) is 71.8 Å². The van der Waals surface area contributed by atoms with Crippen molar-refractivity contribution in [2.24, 2.45) is 0 Å². The van der Waals surface area contributed by atoms with Gasteiger partial charge in [0.1, 0.15) is 0 Å². The molecule has 19 heavy (non-hydrogen) atoms. The maximum Gasteiger partial charge on any atom is 0.185 e. The van der Waals surface area contributed by atoms with Crippen LogP contribution in [-0.2, 0) is 4.84 Å². The van der Waals surface area contributed by atoms with Crippen molar-refractivity contribution in [2.45, 2.75) is 0 Å². The van der Waals surface area contributed by atoms with E-state index in [0.29, 0.717) is 5.56 Å². The Hall–Kier alpha value is -2.39. The monoisotopic (exact) mass is 253 g/mol. The number of ketones is 1. The average Bonchev–Trinajstić information content (AvgIpc) is 2.47. The Bertz CT molecular complexity index is 559. The maximum absolute atomic E-state index is 11.9. The van der Waals surface area contributed by atoms with E-state index in [2.05, 4.69) is 5.48 Å². The lowest BCUT2D eigenvalue weighted by Gasteiger charge is -2.02. The first-order chi connectivity index (χ1) is 9.29. The second-order valence-electron chi connectivity index (χ2n) is 3.99. The average molecular weight is 253 g/mol. The van der Waals surface area contributed by atoms with Gasteiger partial charge in [-0.1, -0.05) is 36.4 Å². The molecule has 2 aromatic rings. The normalized spacial score (nSPS) is 10.6. The third kappa shape index (κ3) is 3.79. The predicted octanol–water partition coefficient (Wildman–Crippen LogP) is 3.56.